The number of carbonyl (C=O) groups excluding carboxylic acids is 1. The van der Waals surface area contributed by atoms with E-state index in [2.05, 4.69) is 24.1 Å². The van der Waals surface area contributed by atoms with Crippen LogP contribution in [0.5, 0.6) is 5.75 Å². The molecule has 0 heterocycles. The molecule has 5 nitrogen and oxygen atoms in total. The molecule has 2 aromatic rings. The molecule has 27 heavy (non-hydrogen) atoms. The third-order valence-corrected chi connectivity index (χ3v) is 4.79. The summed E-state index contributed by atoms with van der Waals surface area (Å²) in [6.07, 6.45) is 0. The standard InChI is InChI=1S/C22H31N3O2/c1-4-25(5-2)15-16-27-20-13-11-18(12-14-20)17-24-21(26)22(3,23)19-9-7-6-8-10-19/h6-14H,4-5,15-17,23H2,1-3H3,(H,24,26). The van der Waals surface area contributed by atoms with Crippen LogP contribution in [0.1, 0.15) is 31.9 Å². The van der Waals surface area contributed by atoms with Gasteiger partial charge in [0.2, 0.25) is 5.91 Å². The number of nitrogens with two attached hydrogens (primary N) is 1. The van der Waals surface area contributed by atoms with Crippen LogP contribution in [0.4, 0.5) is 0 Å². The van der Waals surface area contributed by atoms with E-state index in [1.54, 1.807) is 6.92 Å². The molecular formula is C22H31N3O2. The van der Waals surface area contributed by atoms with E-state index in [-0.39, 0.29) is 5.91 Å². The van der Waals surface area contributed by atoms with Gasteiger partial charge in [0.15, 0.2) is 0 Å². The van der Waals surface area contributed by atoms with Gasteiger partial charge in [-0.2, -0.15) is 0 Å². The number of nitrogens with zero attached hydrogens (tertiary/aromatic N) is 1. The van der Waals surface area contributed by atoms with Gasteiger partial charge in [0, 0.05) is 13.1 Å². The van der Waals surface area contributed by atoms with Crippen LogP contribution in [0.15, 0.2) is 54.6 Å². The molecule has 0 aliphatic carbocycles. The van der Waals surface area contributed by atoms with Crippen LogP contribution in [0.2, 0.25) is 0 Å². The van der Waals surface area contributed by atoms with Gasteiger partial charge in [-0.05, 0) is 43.3 Å². The van der Waals surface area contributed by atoms with Gasteiger partial charge in [-0.25, -0.2) is 0 Å². The third kappa shape index (κ3) is 6.08. The molecule has 0 fully saturated rings. The van der Waals surface area contributed by atoms with E-state index in [9.17, 15) is 4.79 Å². The Bertz CT molecular complexity index is 695. The first-order valence-electron chi connectivity index (χ1n) is 9.54. The monoisotopic (exact) mass is 369 g/mol. The van der Waals surface area contributed by atoms with E-state index in [1.807, 2.05) is 54.6 Å². The van der Waals surface area contributed by atoms with Gasteiger partial charge in [0.1, 0.15) is 17.9 Å². The van der Waals surface area contributed by atoms with Crippen LogP contribution < -0.4 is 15.8 Å². The highest BCUT2D eigenvalue weighted by atomic mass is 16.5. The van der Waals surface area contributed by atoms with Crippen LogP contribution >= 0.6 is 0 Å². The van der Waals surface area contributed by atoms with Crippen LogP contribution in [-0.2, 0) is 16.9 Å². The smallest absolute Gasteiger partial charge is 0.244 e. The Labute approximate surface area is 162 Å². The van der Waals surface area contributed by atoms with Gasteiger partial charge in [-0.3, -0.25) is 4.79 Å². The highest BCUT2D eigenvalue weighted by Crippen LogP contribution is 2.18. The van der Waals surface area contributed by atoms with Gasteiger partial charge < -0.3 is 20.7 Å². The summed E-state index contributed by atoms with van der Waals surface area (Å²) in [5, 5.41) is 2.92. The summed E-state index contributed by atoms with van der Waals surface area (Å²) in [7, 11) is 0. The van der Waals surface area contributed by atoms with Crippen molar-refractivity contribution < 1.29 is 9.53 Å². The fourth-order valence-electron chi connectivity index (χ4n) is 2.82. The zero-order valence-electron chi connectivity index (χ0n) is 16.6. The average Bonchev–Trinajstić information content (AvgIpc) is 2.71. The van der Waals surface area contributed by atoms with Crippen LogP contribution in [-0.4, -0.2) is 37.0 Å². The second-order valence-electron chi connectivity index (χ2n) is 6.77. The minimum Gasteiger partial charge on any atom is -0.492 e. The molecule has 0 bridgehead atoms. The average molecular weight is 370 g/mol. The SMILES string of the molecule is CCN(CC)CCOc1ccc(CNC(=O)C(C)(N)c2ccccc2)cc1. The van der Waals surface area contributed by atoms with Crippen molar-refractivity contribution in [3.63, 3.8) is 0 Å². The van der Waals surface area contributed by atoms with E-state index in [4.69, 9.17) is 10.5 Å². The highest BCUT2D eigenvalue weighted by molar-refractivity contribution is 5.86. The molecule has 0 aliphatic heterocycles. The maximum Gasteiger partial charge on any atom is 0.244 e. The van der Waals surface area contributed by atoms with Crippen molar-refractivity contribution in [1.82, 2.24) is 10.2 Å². The summed E-state index contributed by atoms with van der Waals surface area (Å²) < 4.78 is 5.78. The molecule has 3 N–H and O–H groups in total. The molecular weight excluding hydrogens is 338 g/mol. The predicted octanol–water partition coefficient (Wildman–Crippen LogP) is 2.90. The summed E-state index contributed by atoms with van der Waals surface area (Å²) in [5.74, 6) is 0.637. The lowest BCUT2D eigenvalue weighted by Crippen LogP contribution is -2.48. The molecule has 2 aromatic carbocycles. The topological polar surface area (TPSA) is 67.6 Å². The van der Waals surface area contributed by atoms with E-state index >= 15 is 0 Å². The number of benzene rings is 2. The van der Waals surface area contributed by atoms with E-state index in [0.717, 1.165) is 36.5 Å². The highest BCUT2D eigenvalue weighted by Gasteiger charge is 2.29. The number of hydrogen-bond donors (Lipinski definition) is 2. The van der Waals surface area contributed by atoms with E-state index in [0.29, 0.717) is 13.2 Å². The van der Waals surface area contributed by atoms with Crippen molar-refractivity contribution in [2.45, 2.75) is 32.9 Å². The van der Waals surface area contributed by atoms with Gasteiger partial charge in [-0.1, -0.05) is 56.3 Å². The number of rotatable bonds is 10. The molecule has 0 aliphatic rings. The first-order valence-corrected chi connectivity index (χ1v) is 9.54. The molecule has 1 unspecified atom stereocenters. The maximum absolute atomic E-state index is 12.5. The molecule has 1 atom stereocenters. The Hall–Kier alpha value is -2.37. The normalized spacial score (nSPS) is 13.2. The van der Waals surface area contributed by atoms with Crippen molar-refractivity contribution in [3.05, 3.63) is 65.7 Å². The van der Waals surface area contributed by atoms with Crippen molar-refractivity contribution in [2.24, 2.45) is 5.73 Å². The van der Waals surface area contributed by atoms with Crippen molar-refractivity contribution >= 4 is 5.91 Å². The lowest BCUT2D eigenvalue weighted by atomic mass is 9.92. The molecule has 0 radical (unpaired) electrons. The Morgan fingerprint density at radius 2 is 1.70 bits per heavy atom. The first kappa shape index (κ1) is 20.9. The summed E-state index contributed by atoms with van der Waals surface area (Å²) in [4.78, 5) is 14.8. The Morgan fingerprint density at radius 3 is 2.30 bits per heavy atom. The number of nitrogens with one attached hydrogen (secondary N) is 1. The lowest BCUT2D eigenvalue weighted by Gasteiger charge is -2.24. The van der Waals surface area contributed by atoms with Crippen LogP contribution in [0.3, 0.4) is 0 Å². The summed E-state index contributed by atoms with van der Waals surface area (Å²) in [6, 6.07) is 17.2. The quantitative estimate of drug-likeness (QED) is 0.676. The number of carbonyl (C=O) groups is 1. The Morgan fingerprint density at radius 1 is 1.07 bits per heavy atom. The van der Waals surface area contributed by atoms with Crippen molar-refractivity contribution in [2.75, 3.05) is 26.2 Å². The minimum atomic E-state index is -1.06. The lowest BCUT2D eigenvalue weighted by molar-refractivity contribution is -0.126. The second kappa shape index (κ2) is 10.1. The molecule has 146 valence electrons. The number of likely N-dealkylation sites (N-methyl/N-ethyl adjacent to an activating group) is 1. The zero-order valence-corrected chi connectivity index (χ0v) is 16.6. The molecule has 2 rings (SSSR count). The fraction of sp³-hybridized carbons (Fsp3) is 0.409. The number of amides is 1. The maximum atomic E-state index is 12.5. The number of ether oxygens (including phenoxy) is 1. The van der Waals surface area contributed by atoms with Crippen LogP contribution in [0.25, 0.3) is 0 Å². The molecule has 0 spiro atoms. The molecule has 5 heteroatoms. The summed E-state index contributed by atoms with van der Waals surface area (Å²) >= 11 is 0. The predicted molar refractivity (Wildman–Crippen MR) is 110 cm³/mol. The van der Waals surface area contributed by atoms with E-state index < -0.39 is 5.54 Å². The third-order valence-electron chi connectivity index (χ3n) is 4.79. The van der Waals surface area contributed by atoms with Gasteiger partial charge in [0.05, 0.1) is 0 Å². The molecule has 0 saturated carbocycles. The first-order chi connectivity index (χ1) is 13.0. The fourth-order valence-corrected chi connectivity index (χ4v) is 2.82. The molecule has 1 amide bonds. The zero-order chi connectivity index (χ0) is 19.7. The van der Waals surface area contributed by atoms with Crippen LogP contribution in [0, 0.1) is 0 Å². The number of hydrogen-bond acceptors (Lipinski definition) is 4. The summed E-state index contributed by atoms with van der Waals surface area (Å²) in [6.45, 7) is 10.1. The molecule has 0 aromatic heterocycles. The largest absolute Gasteiger partial charge is 0.492 e. The van der Waals surface area contributed by atoms with Gasteiger partial charge in [-0.15, -0.1) is 0 Å². The Balaban J connectivity index is 1.83. The van der Waals surface area contributed by atoms with Gasteiger partial charge >= 0.3 is 0 Å². The second-order valence-corrected chi connectivity index (χ2v) is 6.77. The minimum absolute atomic E-state index is 0.201. The van der Waals surface area contributed by atoms with Crippen molar-refractivity contribution in [1.29, 1.82) is 0 Å². The molecule has 0 saturated heterocycles. The summed E-state index contributed by atoms with van der Waals surface area (Å²) in [5.41, 5.74) is 6.97. The van der Waals surface area contributed by atoms with E-state index in [1.165, 1.54) is 0 Å². The van der Waals surface area contributed by atoms with Crippen molar-refractivity contribution in [3.8, 4) is 5.75 Å². The van der Waals surface area contributed by atoms with Gasteiger partial charge in [0.25, 0.3) is 0 Å². The Kier molecular flexibility index (Phi) is 7.82.